The van der Waals surface area contributed by atoms with Gasteiger partial charge in [0.15, 0.2) is 0 Å². The second-order valence-corrected chi connectivity index (χ2v) is 3.83. The van der Waals surface area contributed by atoms with Crippen LogP contribution in [0.15, 0.2) is 0 Å². The Labute approximate surface area is 143 Å². The first kappa shape index (κ1) is 22.0. The third-order valence-electron chi connectivity index (χ3n) is 2.46. The van der Waals surface area contributed by atoms with E-state index in [-0.39, 0.29) is 59.1 Å². The molecule has 0 saturated carbocycles. The molecule has 0 amide bonds. The van der Waals surface area contributed by atoms with Crippen LogP contribution >= 0.6 is 0 Å². The Bertz CT molecular complexity index is 64.7. The zero-order valence-electron chi connectivity index (χ0n) is 9.07. The summed E-state index contributed by atoms with van der Waals surface area (Å²) >= 11 is 0. The van der Waals surface area contributed by atoms with Crippen molar-refractivity contribution in [3.05, 3.63) is 0 Å². The molecule has 0 N–H and O–H groups in total. The first-order chi connectivity index (χ1) is 5.91. The van der Waals surface area contributed by atoms with E-state index in [9.17, 15) is 0 Å². The molecule has 0 atom stereocenters. The van der Waals surface area contributed by atoms with E-state index in [1.807, 2.05) is 0 Å². The molecule has 0 rings (SSSR count). The van der Waals surface area contributed by atoms with Crippen LogP contribution in [0, 0.1) is 0 Å². The Kier molecular flexibility index (Phi) is 33.2. The molecule has 0 unspecified atom stereocenters. The summed E-state index contributed by atoms with van der Waals surface area (Å²) in [6, 6.07) is 0. The molecule has 0 aromatic rings. The molecule has 0 aliphatic rings. The van der Waals surface area contributed by atoms with Gasteiger partial charge in [0.1, 0.15) is 0 Å². The summed E-state index contributed by atoms with van der Waals surface area (Å²) in [5.74, 6) is 0. The van der Waals surface area contributed by atoms with Gasteiger partial charge in [0.05, 0.1) is 15.5 Å². The molecule has 54 valence electrons. The van der Waals surface area contributed by atoms with E-state index >= 15 is 0 Å². The van der Waals surface area contributed by atoms with Crippen molar-refractivity contribution in [2.75, 3.05) is 0 Å². The van der Waals surface area contributed by atoms with Gasteiger partial charge in [-0.1, -0.05) is 0 Å². The molecule has 0 nitrogen and oxygen atoms in total. The molecule has 14 heavy (non-hydrogen) atoms. The van der Waals surface area contributed by atoms with Crippen molar-refractivity contribution in [2.45, 2.75) is 0 Å². The summed E-state index contributed by atoms with van der Waals surface area (Å²) in [7, 11) is 19.0. The Hall–Kier alpha value is 2.78. The monoisotopic (exact) mass is 194 g/mol. The van der Waals surface area contributed by atoms with Gasteiger partial charge >= 0.3 is 59.1 Å². The fourth-order valence-corrected chi connectivity index (χ4v) is 1.56. The minimum atomic E-state index is 0. The second kappa shape index (κ2) is 21.1. The van der Waals surface area contributed by atoms with Crippen LogP contribution in [0.2, 0.25) is 0 Å². The van der Waals surface area contributed by atoms with E-state index < -0.39 is 0 Å². The molecular formula is H16B12Na2. The van der Waals surface area contributed by atoms with Crippen molar-refractivity contribution in [3.8, 4) is 0 Å². The molecule has 14 heteroatoms. The quantitative estimate of drug-likeness (QED) is 0.251. The average Bonchev–Trinajstić information content (AvgIpc) is 2.10. The van der Waals surface area contributed by atoms with Crippen molar-refractivity contribution >= 4 is 145 Å². The zero-order chi connectivity index (χ0) is 9.07. The van der Waals surface area contributed by atoms with E-state index in [0.717, 1.165) is 0 Å². The van der Waals surface area contributed by atoms with Gasteiger partial charge in [-0.2, -0.15) is 0 Å². The number of hydrogen-bond acceptors (Lipinski definition) is 0. The molecule has 0 fully saturated rings. The van der Waals surface area contributed by atoms with E-state index in [2.05, 4.69) is 15.5 Å². The van der Waals surface area contributed by atoms with Gasteiger partial charge in [0.25, 0.3) is 0 Å². The molecule has 0 aliphatic carbocycles. The van der Waals surface area contributed by atoms with Gasteiger partial charge in [-0.15, -0.1) is 0 Å². The Morgan fingerprint density at radius 3 is 0.857 bits per heavy atom. The Morgan fingerprint density at radius 1 is 0.429 bits per heavy atom. The summed E-state index contributed by atoms with van der Waals surface area (Å²) in [6.45, 7) is 0. The molecule has 0 aromatic heterocycles. The van der Waals surface area contributed by atoms with Gasteiger partial charge < -0.3 is 0 Å². The van der Waals surface area contributed by atoms with Gasteiger partial charge in [-0.3, -0.25) is 0 Å². The van der Waals surface area contributed by atoms with Crippen molar-refractivity contribution in [1.29, 1.82) is 0 Å². The van der Waals surface area contributed by atoms with Gasteiger partial charge in [0, 0.05) is 70.6 Å². The standard InChI is InChI=1S/B12H14.2Na.2H/c1-3-5-7-9-11-12-10-8-6-4-2;;;;/h3-12H,1-2H2;;;;. The Morgan fingerprint density at radius 2 is 0.643 bits per heavy atom. The van der Waals surface area contributed by atoms with E-state index in [4.69, 9.17) is 0 Å². The third kappa shape index (κ3) is 20.2. The van der Waals surface area contributed by atoms with E-state index in [1.54, 1.807) is 0 Å². The third-order valence-corrected chi connectivity index (χ3v) is 2.46. The van der Waals surface area contributed by atoms with E-state index in [1.165, 1.54) is 70.6 Å². The van der Waals surface area contributed by atoms with Gasteiger partial charge in [-0.05, 0) is 0 Å². The number of hydrogen-bond donors (Lipinski definition) is 0. The summed E-state index contributed by atoms with van der Waals surface area (Å²) in [5.41, 5.74) is 0. The molecule has 0 aromatic carbocycles. The SMILES string of the molecule is BBBBBBBBBBBB.[NaH].[NaH]. The summed E-state index contributed by atoms with van der Waals surface area (Å²) < 4.78 is 0. The first-order valence-corrected chi connectivity index (χ1v) is 5.91. The van der Waals surface area contributed by atoms with Crippen molar-refractivity contribution in [3.63, 3.8) is 0 Å². The maximum absolute atomic E-state index is 2.28. The van der Waals surface area contributed by atoms with Gasteiger partial charge in [0.2, 0.25) is 0 Å². The molecule has 0 bridgehead atoms. The number of rotatable bonds is 9. The molecule has 0 saturated heterocycles. The van der Waals surface area contributed by atoms with Crippen molar-refractivity contribution in [1.82, 2.24) is 0 Å². The zero-order valence-corrected chi connectivity index (χ0v) is 9.07. The van der Waals surface area contributed by atoms with Crippen LogP contribution in [-0.2, 0) is 0 Å². The predicted molar refractivity (Wildman–Crippen MR) is 103 cm³/mol. The van der Waals surface area contributed by atoms with E-state index in [0.29, 0.717) is 0 Å². The van der Waals surface area contributed by atoms with Crippen molar-refractivity contribution in [2.24, 2.45) is 0 Å². The fraction of sp³-hybridized carbons (Fsp3) is 0. The molecule has 0 heterocycles. The second-order valence-electron chi connectivity index (χ2n) is 3.83. The summed E-state index contributed by atoms with van der Waals surface area (Å²) in [5, 5.41) is 0. The predicted octanol–water partition coefficient (Wildman–Crippen LogP) is -9.61. The fourth-order valence-electron chi connectivity index (χ4n) is 1.56. The summed E-state index contributed by atoms with van der Waals surface area (Å²) in [6.07, 6.45) is 0. The molecular weight excluding hydrogens is 176 g/mol. The van der Waals surface area contributed by atoms with Crippen LogP contribution in [0.25, 0.3) is 0 Å². The minimum absolute atomic E-state index is 0. The first-order valence-electron chi connectivity index (χ1n) is 5.91. The molecule has 0 spiro atoms. The van der Waals surface area contributed by atoms with Crippen LogP contribution in [0.3, 0.4) is 0 Å². The maximum atomic E-state index is 2.28. The average molecular weight is 192 g/mol. The summed E-state index contributed by atoms with van der Waals surface area (Å²) in [4.78, 5) is 0. The molecule has 0 radical (unpaired) electrons. The topological polar surface area (TPSA) is 0 Å². The molecule has 0 aliphatic heterocycles. The van der Waals surface area contributed by atoms with Crippen LogP contribution in [0.4, 0.5) is 0 Å². The van der Waals surface area contributed by atoms with Crippen LogP contribution in [0.5, 0.6) is 0 Å². The van der Waals surface area contributed by atoms with Crippen LogP contribution in [-0.4, -0.2) is 145 Å². The normalized spacial score (nSPS) is 6.00. The van der Waals surface area contributed by atoms with Crippen LogP contribution in [0.1, 0.15) is 0 Å². The Balaban J connectivity index is -0.000000605. The van der Waals surface area contributed by atoms with Crippen molar-refractivity contribution < 1.29 is 0 Å². The van der Waals surface area contributed by atoms with Gasteiger partial charge in [-0.25, -0.2) is 0 Å². The van der Waals surface area contributed by atoms with Crippen LogP contribution < -0.4 is 0 Å².